The molecule has 2 aromatic carbocycles. The van der Waals surface area contributed by atoms with Gasteiger partial charge in [-0.3, -0.25) is 9.20 Å². The van der Waals surface area contributed by atoms with Gasteiger partial charge in [-0.2, -0.15) is 0 Å². The summed E-state index contributed by atoms with van der Waals surface area (Å²) in [6.07, 6.45) is 1.87. The molecule has 7 heteroatoms. The molecule has 0 aliphatic heterocycles. The fraction of sp³-hybridized carbons (Fsp3) is 0.143. The number of hydrogen-bond donors (Lipinski definition) is 1. The highest BCUT2D eigenvalue weighted by Gasteiger charge is 2.18. The number of nitrogens with zero attached hydrogens (tertiary/aromatic N) is 2. The summed E-state index contributed by atoms with van der Waals surface area (Å²) in [5.41, 5.74) is 3.37. The lowest BCUT2D eigenvalue weighted by atomic mass is 10.2. The number of thiazole rings is 1. The lowest BCUT2D eigenvalue weighted by molar-refractivity contribution is 0.0954. The van der Waals surface area contributed by atoms with Crippen LogP contribution in [0.15, 0.2) is 54.7 Å². The smallest absolute Gasteiger partial charge is 0.263 e. The maximum atomic E-state index is 13.1. The van der Waals surface area contributed by atoms with E-state index in [-0.39, 0.29) is 11.7 Å². The van der Waals surface area contributed by atoms with E-state index in [4.69, 9.17) is 4.74 Å². The summed E-state index contributed by atoms with van der Waals surface area (Å²) < 4.78 is 20.2. The third kappa shape index (κ3) is 3.48. The molecule has 142 valence electrons. The van der Waals surface area contributed by atoms with Gasteiger partial charge in [-0.1, -0.05) is 23.5 Å². The summed E-state index contributed by atoms with van der Waals surface area (Å²) in [6.45, 7) is 2.30. The Bertz CT molecular complexity index is 1150. The highest BCUT2D eigenvalue weighted by atomic mass is 32.1. The van der Waals surface area contributed by atoms with Gasteiger partial charge in [-0.25, -0.2) is 9.37 Å². The lowest BCUT2D eigenvalue weighted by Crippen LogP contribution is -2.22. The van der Waals surface area contributed by atoms with Gasteiger partial charge in [0.25, 0.3) is 5.91 Å². The largest absolute Gasteiger partial charge is 0.497 e. The van der Waals surface area contributed by atoms with Crippen LogP contribution in [0.4, 0.5) is 4.39 Å². The first kappa shape index (κ1) is 18.2. The van der Waals surface area contributed by atoms with Gasteiger partial charge >= 0.3 is 0 Å². The lowest BCUT2D eigenvalue weighted by Gasteiger charge is -2.06. The molecule has 4 rings (SSSR count). The van der Waals surface area contributed by atoms with Crippen LogP contribution >= 0.6 is 11.3 Å². The number of aryl methyl sites for hydroxylation is 1. The second-order valence-corrected chi connectivity index (χ2v) is 7.31. The van der Waals surface area contributed by atoms with Crippen molar-refractivity contribution in [3.63, 3.8) is 0 Å². The Kier molecular flexibility index (Phi) is 4.83. The van der Waals surface area contributed by atoms with Crippen molar-refractivity contribution in [3.8, 4) is 17.0 Å². The zero-order valence-electron chi connectivity index (χ0n) is 15.4. The summed E-state index contributed by atoms with van der Waals surface area (Å²) in [6, 6.07) is 13.8. The van der Waals surface area contributed by atoms with Crippen molar-refractivity contribution in [2.75, 3.05) is 7.11 Å². The first-order valence-electron chi connectivity index (χ1n) is 8.70. The molecule has 28 heavy (non-hydrogen) atoms. The molecule has 0 atom stereocenters. The predicted octanol–water partition coefficient (Wildman–Crippen LogP) is 4.45. The van der Waals surface area contributed by atoms with E-state index in [1.165, 1.54) is 23.5 Å². The minimum Gasteiger partial charge on any atom is -0.497 e. The van der Waals surface area contributed by atoms with E-state index in [0.717, 1.165) is 33.2 Å². The van der Waals surface area contributed by atoms with Crippen molar-refractivity contribution in [3.05, 3.63) is 76.7 Å². The zero-order valence-corrected chi connectivity index (χ0v) is 16.2. The average molecular weight is 395 g/mol. The number of nitrogens with one attached hydrogen (secondary N) is 1. The van der Waals surface area contributed by atoms with E-state index < -0.39 is 0 Å². The molecular formula is C21H18FN3O2S. The van der Waals surface area contributed by atoms with Gasteiger partial charge < -0.3 is 10.1 Å². The van der Waals surface area contributed by atoms with Crippen molar-refractivity contribution in [1.29, 1.82) is 0 Å². The van der Waals surface area contributed by atoms with Gasteiger partial charge in [0.2, 0.25) is 0 Å². The minimum atomic E-state index is -0.282. The summed E-state index contributed by atoms with van der Waals surface area (Å²) in [4.78, 5) is 18.6. The maximum absolute atomic E-state index is 13.1. The van der Waals surface area contributed by atoms with Crippen LogP contribution in [0.2, 0.25) is 0 Å². The number of hydrogen-bond acceptors (Lipinski definition) is 4. The Labute approximate surface area is 165 Å². The highest BCUT2D eigenvalue weighted by molar-refractivity contribution is 7.19. The number of benzene rings is 2. The number of carbonyl (C=O) groups is 1. The van der Waals surface area contributed by atoms with Crippen molar-refractivity contribution in [2.45, 2.75) is 13.5 Å². The molecule has 4 aromatic rings. The van der Waals surface area contributed by atoms with Crippen LogP contribution < -0.4 is 10.1 Å². The van der Waals surface area contributed by atoms with Gasteiger partial charge in [0.15, 0.2) is 4.96 Å². The number of methoxy groups -OCH3 is 1. The van der Waals surface area contributed by atoms with Crippen LogP contribution in [0.5, 0.6) is 5.75 Å². The molecule has 0 spiro atoms. The van der Waals surface area contributed by atoms with E-state index in [1.54, 1.807) is 19.2 Å². The molecule has 5 nitrogen and oxygen atoms in total. The fourth-order valence-corrected chi connectivity index (χ4v) is 3.99. The van der Waals surface area contributed by atoms with E-state index in [9.17, 15) is 9.18 Å². The molecule has 0 unspecified atom stereocenters. The van der Waals surface area contributed by atoms with E-state index in [2.05, 4.69) is 10.3 Å². The average Bonchev–Trinajstić information content (AvgIpc) is 3.26. The van der Waals surface area contributed by atoms with Gasteiger partial charge in [0, 0.05) is 24.0 Å². The van der Waals surface area contributed by atoms with Crippen LogP contribution in [0.1, 0.15) is 20.9 Å². The monoisotopic (exact) mass is 395 g/mol. The number of amides is 1. The third-order valence-corrected chi connectivity index (χ3v) is 5.65. The summed E-state index contributed by atoms with van der Waals surface area (Å²) in [7, 11) is 1.61. The SMILES string of the molecule is COc1cccc(CNC(=O)c2sc3nc(-c4ccc(F)cc4)cn3c2C)c1. The molecular weight excluding hydrogens is 377 g/mol. The Balaban J connectivity index is 1.53. The Morgan fingerprint density at radius 2 is 2.04 bits per heavy atom. The second-order valence-electron chi connectivity index (χ2n) is 6.34. The minimum absolute atomic E-state index is 0.140. The quantitative estimate of drug-likeness (QED) is 0.543. The first-order valence-corrected chi connectivity index (χ1v) is 9.52. The molecule has 0 saturated carbocycles. The number of imidazole rings is 1. The molecule has 0 aliphatic carbocycles. The number of rotatable bonds is 5. The number of fused-ring (bicyclic) bond motifs is 1. The fourth-order valence-electron chi connectivity index (χ4n) is 2.97. The third-order valence-electron chi connectivity index (χ3n) is 4.49. The number of ether oxygens (including phenoxy) is 1. The van der Waals surface area contributed by atoms with Crippen molar-refractivity contribution < 1.29 is 13.9 Å². The Hall–Kier alpha value is -3.19. The van der Waals surface area contributed by atoms with E-state index >= 15 is 0 Å². The van der Waals surface area contributed by atoms with E-state index in [0.29, 0.717) is 11.4 Å². The molecule has 1 amide bonds. The van der Waals surface area contributed by atoms with Crippen LogP contribution in [-0.4, -0.2) is 22.4 Å². The second kappa shape index (κ2) is 7.44. The summed E-state index contributed by atoms with van der Waals surface area (Å²) in [5.74, 6) is 0.334. The molecule has 1 N–H and O–H groups in total. The molecule has 0 radical (unpaired) electrons. The normalized spacial score (nSPS) is 11.0. The zero-order chi connectivity index (χ0) is 19.7. The Morgan fingerprint density at radius 3 is 2.75 bits per heavy atom. The van der Waals surface area contributed by atoms with Gasteiger partial charge in [-0.15, -0.1) is 0 Å². The van der Waals surface area contributed by atoms with Crippen LogP contribution in [0, 0.1) is 12.7 Å². The van der Waals surface area contributed by atoms with E-state index in [1.807, 2.05) is 41.8 Å². The van der Waals surface area contributed by atoms with Crippen LogP contribution in [0.25, 0.3) is 16.2 Å². The maximum Gasteiger partial charge on any atom is 0.263 e. The topological polar surface area (TPSA) is 55.6 Å². The summed E-state index contributed by atoms with van der Waals surface area (Å²) in [5, 5.41) is 2.94. The first-order chi connectivity index (χ1) is 13.5. The molecule has 0 bridgehead atoms. The molecule has 0 fully saturated rings. The molecule has 2 aromatic heterocycles. The predicted molar refractivity (Wildman–Crippen MR) is 107 cm³/mol. The van der Waals surface area contributed by atoms with Crippen molar-refractivity contribution in [2.24, 2.45) is 0 Å². The molecule has 2 heterocycles. The van der Waals surface area contributed by atoms with Gasteiger partial charge in [-0.05, 0) is 48.9 Å². The highest BCUT2D eigenvalue weighted by Crippen LogP contribution is 2.27. The Morgan fingerprint density at radius 1 is 1.25 bits per heavy atom. The molecule has 0 aliphatic rings. The van der Waals surface area contributed by atoms with Gasteiger partial charge in [0.05, 0.1) is 12.8 Å². The number of carbonyl (C=O) groups excluding carboxylic acids is 1. The molecule has 0 saturated heterocycles. The standard InChI is InChI=1S/C21H18FN3O2S/c1-13-19(20(26)23-11-14-4-3-5-17(10-14)27-2)28-21-24-18(12-25(13)21)15-6-8-16(22)9-7-15/h3-10,12H,11H2,1-2H3,(H,23,26). The van der Waals surface area contributed by atoms with Crippen molar-refractivity contribution in [1.82, 2.24) is 14.7 Å². The van der Waals surface area contributed by atoms with Gasteiger partial charge in [0.1, 0.15) is 16.4 Å². The van der Waals surface area contributed by atoms with Crippen LogP contribution in [-0.2, 0) is 6.54 Å². The summed E-state index contributed by atoms with van der Waals surface area (Å²) >= 11 is 1.33. The van der Waals surface area contributed by atoms with Crippen LogP contribution in [0.3, 0.4) is 0 Å². The number of halogens is 1. The number of aromatic nitrogens is 2. The van der Waals surface area contributed by atoms with Crippen molar-refractivity contribution >= 4 is 22.2 Å².